The number of nitrogens with zero attached hydrogens (tertiary/aromatic N) is 1. The largest absolute Gasteiger partial charge is 0.293 e. The van der Waals surface area contributed by atoms with E-state index in [0.717, 1.165) is 16.7 Å². The number of hydrogen-bond acceptors (Lipinski definition) is 5. The Hall–Kier alpha value is -1.53. The molecule has 1 N–H and O–H groups in total. The van der Waals surface area contributed by atoms with E-state index in [1.807, 2.05) is 0 Å². The molecule has 2 aromatic rings. The van der Waals surface area contributed by atoms with Crippen molar-refractivity contribution in [2.45, 2.75) is 4.90 Å². The van der Waals surface area contributed by atoms with Crippen LogP contribution in [0.25, 0.3) is 6.08 Å². The first-order valence-corrected chi connectivity index (χ1v) is 12.0. The molecule has 1 aliphatic rings. The minimum Gasteiger partial charge on any atom is -0.268 e. The van der Waals surface area contributed by atoms with E-state index in [1.165, 1.54) is 36.4 Å². The molecule has 29 heavy (non-hydrogen) atoms. The highest BCUT2D eigenvalue weighted by atomic mass is 79.9. The molecule has 0 bridgehead atoms. The van der Waals surface area contributed by atoms with Gasteiger partial charge in [-0.1, -0.05) is 28.1 Å². The number of hydrogen-bond donors (Lipinski definition) is 1. The number of thioether (sulfide) groups is 1. The van der Waals surface area contributed by atoms with Crippen LogP contribution in [0.5, 0.6) is 0 Å². The molecule has 1 aliphatic heterocycles. The molecule has 2 aromatic carbocycles. The molecule has 0 aromatic heterocycles. The van der Waals surface area contributed by atoms with Gasteiger partial charge in [0.2, 0.25) is 10.0 Å². The van der Waals surface area contributed by atoms with E-state index in [0.29, 0.717) is 14.5 Å². The lowest BCUT2D eigenvalue weighted by molar-refractivity contribution is -0.122. The van der Waals surface area contributed by atoms with E-state index in [-0.39, 0.29) is 22.9 Å². The third kappa shape index (κ3) is 5.34. The van der Waals surface area contributed by atoms with Gasteiger partial charge in [-0.3, -0.25) is 14.5 Å². The second kappa shape index (κ2) is 9.09. The highest BCUT2D eigenvalue weighted by molar-refractivity contribution is 9.11. The van der Waals surface area contributed by atoms with Gasteiger partial charge in [0, 0.05) is 22.0 Å². The summed E-state index contributed by atoms with van der Waals surface area (Å²) in [6.07, 6.45) is 1.49. The second-order valence-electron chi connectivity index (χ2n) is 5.86. The molecule has 6 nitrogen and oxygen atoms in total. The summed E-state index contributed by atoms with van der Waals surface area (Å²) >= 11 is 7.17. The average molecular weight is 564 g/mol. The normalized spacial score (nSPS) is 16.1. The number of nitrogens with one attached hydrogen (secondary N) is 1. The predicted molar refractivity (Wildman–Crippen MR) is 116 cm³/mol. The summed E-state index contributed by atoms with van der Waals surface area (Å²) in [7, 11) is -3.84. The van der Waals surface area contributed by atoms with Crippen LogP contribution in [-0.2, 0) is 14.8 Å². The van der Waals surface area contributed by atoms with Crippen molar-refractivity contribution in [2.24, 2.45) is 0 Å². The molecule has 0 unspecified atom stereocenters. The molecule has 2 amide bonds. The molecule has 0 aliphatic carbocycles. The molecule has 3 rings (SSSR count). The number of sulfonamides is 1. The quantitative estimate of drug-likeness (QED) is 0.528. The Morgan fingerprint density at radius 2 is 1.79 bits per heavy atom. The van der Waals surface area contributed by atoms with Crippen LogP contribution in [0, 0.1) is 5.82 Å². The molecular weight excluding hydrogens is 551 g/mol. The van der Waals surface area contributed by atoms with Crippen LogP contribution in [0.2, 0.25) is 0 Å². The standard InChI is InChI=1S/C18H13Br2FN2O4S2/c19-12-3-6-14(20)16(10-12)29(26,27)22-7-8-23-17(24)15(28-18(23)25)9-11-1-4-13(21)5-2-11/h1-6,9-10,22H,7-8H2/b15-9+. The summed E-state index contributed by atoms with van der Waals surface area (Å²) in [5.74, 6) is -0.924. The monoisotopic (exact) mass is 562 g/mol. The van der Waals surface area contributed by atoms with Crippen LogP contribution in [-0.4, -0.2) is 37.6 Å². The maximum Gasteiger partial charge on any atom is 0.293 e. The molecule has 152 valence electrons. The Labute approximate surface area is 187 Å². The summed E-state index contributed by atoms with van der Waals surface area (Å²) in [6, 6.07) is 10.2. The van der Waals surface area contributed by atoms with Gasteiger partial charge >= 0.3 is 0 Å². The maximum absolute atomic E-state index is 13.0. The van der Waals surface area contributed by atoms with Gasteiger partial charge in [0.15, 0.2) is 0 Å². The topological polar surface area (TPSA) is 83.6 Å². The highest BCUT2D eigenvalue weighted by Gasteiger charge is 2.35. The van der Waals surface area contributed by atoms with Crippen LogP contribution in [0.3, 0.4) is 0 Å². The Kier molecular flexibility index (Phi) is 6.94. The first kappa shape index (κ1) is 22.2. The van der Waals surface area contributed by atoms with Crippen LogP contribution in [0.4, 0.5) is 9.18 Å². The molecule has 0 atom stereocenters. The van der Waals surface area contributed by atoms with Crippen LogP contribution in [0.15, 0.2) is 61.2 Å². The van der Waals surface area contributed by atoms with Crippen molar-refractivity contribution in [1.29, 1.82) is 0 Å². The Morgan fingerprint density at radius 1 is 1.10 bits per heavy atom. The highest BCUT2D eigenvalue weighted by Crippen LogP contribution is 2.32. The smallest absolute Gasteiger partial charge is 0.268 e. The van der Waals surface area contributed by atoms with E-state index in [9.17, 15) is 22.4 Å². The molecule has 11 heteroatoms. The SMILES string of the molecule is O=C1S/C(=C/c2ccc(F)cc2)C(=O)N1CCNS(=O)(=O)c1cc(Br)ccc1Br. The van der Waals surface area contributed by atoms with E-state index < -0.39 is 27.0 Å². The van der Waals surface area contributed by atoms with Gasteiger partial charge in [-0.25, -0.2) is 17.5 Å². The van der Waals surface area contributed by atoms with Crippen molar-refractivity contribution in [3.63, 3.8) is 0 Å². The number of halogens is 3. The summed E-state index contributed by atoms with van der Waals surface area (Å²) in [5.41, 5.74) is 0.581. The van der Waals surface area contributed by atoms with E-state index >= 15 is 0 Å². The fourth-order valence-corrected chi connectivity index (χ4v) is 5.84. The number of benzene rings is 2. The fraction of sp³-hybridized carbons (Fsp3) is 0.111. The number of carbonyl (C=O) groups is 2. The molecule has 1 fully saturated rings. The zero-order valence-electron chi connectivity index (χ0n) is 14.6. The van der Waals surface area contributed by atoms with Crippen molar-refractivity contribution in [1.82, 2.24) is 9.62 Å². The van der Waals surface area contributed by atoms with Gasteiger partial charge in [-0.05, 0) is 69.7 Å². The first-order chi connectivity index (χ1) is 13.7. The third-order valence-electron chi connectivity index (χ3n) is 3.85. The minimum atomic E-state index is -3.84. The zero-order valence-corrected chi connectivity index (χ0v) is 19.4. The van der Waals surface area contributed by atoms with Gasteiger partial charge < -0.3 is 0 Å². The number of carbonyl (C=O) groups excluding carboxylic acids is 2. The first-order valence-electron chi connectivity index (χ1n) is 8.13. The van der Waals surface area contributed by atoms with E-state index in [4.69, 9.17) is 0 Å². The van der Waals surface area contributed by atoms with Crippen molar-refractivity contribution in [3.8, 4) is 0 Å². The maximum atomic E-state index is 13.0. The lowest BCUT2D eigenvalue weighted by Crippen LogP contribution is -2.37. The Morgan fingerprint density at radius 3 is 2.48 bits per heavy atom. The Bertz CT molecular complexity index is 1110. The van der Waals surface area contributed by atoms with Crippen LogP contribution < -0.4 is 4.72 Å². The van der Waals surface area contributed by atoms with E-state index in [2.05, 4.69) is 36.6 Å². The van der Waals surface area contributed by atoms with Crippen molar-refractivity contribution < 1.29 is 22.4 Å². The molecule has 1 heterocycles. The molecule has 0 radical (unpaired) electrons. The van der Waals surface area contributed by atoms with Crippen molar-refractivity contribution >= 4 is 70.9 Å². The van der Waals surface area contributed by atoms with Crippen molar-refractivity contribution in [2.75, 3.05) is 13.1 Å². The van der Waals surface area contributed by atoms with Crippen LogP contribution in [0.1, 0.15) is 5.56 Å². The Balaban J connectivity index is 1.66. The number of rotatable bonds is 6. The second-order valence-corrected chi connectivity index (χ2v) is 10.4. The van der Waals surface area contributed by atoms with Gasteiger partial charge in [0.25, 0.3) is 11.1 Å². The molecular formula is C18H13Br2FN2O4S2. The summed E-state index contributed by atoms with van der Waals surface area (Å²) in [6.45, 7) is -0.251. The molecule has 1 saturated heterocycles. The lowest BCUT2D eigenvalue weighted by atomic mass is 10.2. The zero-order chi connectivity index (χ0) is 21.2. The predicted octanol–water partition coefficient (Wildman–Crippen LogP) is 4.37. The lowest BCUT2D eigenvalue weighted by Gasteiger charge is -2.14. The number of amides is 2. The summed E-state index contributed by atoms with van der Waals surface area (Å²) < 4.78 is 41.3. The van der Waals surface area contributed by atoms with Gasteiger partial charge in [-0.15, -0.1) is 0 Å². The van der Waals surface area contributed by atoms with Crippen LogP contribution >= 0.6 is 43.6 Å². The molecule has 0 saturated carbocycles. The summed E-state index contributed by atoms with van der Waals surface area (Å²) in [4.78, 5) is 25.8. The molecule has 0 spiro atoms. The average Bonchev–Trinajstić information content (AvgIpc) is 2.92. The summed E-state index contributed by atoms with van der Waals surface area (Å²) in [5, 5.41) is -0.494. The third-order valence-corrected chi connectivity index (χ3v) is 7.71. The van der Waals surface area contributed by atoms with Gasteiger partial charge in [0.05, 0.1) is 9.80 Å². The van der Waals surface area contributed by atoms with Gasteiger partial charge in [-0.2, -0.15) is 0 Å². The van der Waals surface area contributed by atoms with E-state index in [1.54, 1.807) is 12.1 Å². The van der Waals surface area contributed by atoms with Crippen molar-refractivity contribution in [3.05, 3.63) is 67.7 Å². The fourth-order valence-electron chi connectivity index (χ4n) is 2.46. The number of imide groups is 1. The minimum absolute atomic E-state index is 0.0391. The van der Waals surface area contributed by atoms with Gasteiger partial charge in [0.1, 0.15) is 5.82 Å².